The lowest BCUT2D eigenvalue weighted by atomic mass is 10.3. The lowest BCUT2D eigenvalue weighted by molar-refractivity contribution is 0.101. The van der Waals surface area contributed by atoms with E-state index in [-0.39, 0.29) is 17.3 Å². The third-order valence-corrected chi connectivity index (χ3v) is 6.03. The Labute approximate surface area is 272 Å². The van der Waals surface area contributed by atoms with Crippen LogP contribution in [-0.2, 0) is 0 Å². The normalized spacial score (nSPS) is 10.1. The van der Waals surface area contributed by atoms with Crippen molar-refractivity contribution in [1.29, 1.82) is 0 Å². The monoisotopic (exact) mass is 652 g/mol. The number of halogens is 2. The van der Waals surface area contributed by atoms with Crippen LogP contribution in [0.15, 0.2) is 122 Å². The van der Waals surface area contributed by atoms with E-state index in [1.54, 1.807) is 97.6 Å². The number of anilines is 2. The summed E-state index contributed by atoms with van der Waals surface area (Å²) in [5.74, 6) is 1.69. The van der Waals surface area contributed by atoms with E-state index in [2.05, 4.69) is 40.5 Å². The molecular formula is C32H22Cl2N8O4. The van der Waals surface area contributed by atoms with Gasteiger partial charge in [-0.2, -0.15) is 0 Å². The van der Waals surface area contributed by atoms with Crippen LogP contribution in [0.5, 0.6) is 23.0 Å². The summed E-state index contributed by atoms with van der Waals surface area (Å²) in [5, 5.41) is 5.91. The van der Waals surface area contributed by atoms with Crippen LogP contribution in [0.1, 0.15) is 21.0 Å². The molecule has 0 saturated heterocycles. The summed E-state index contributed by atoms with van der Waals surface area (Å²) in [6.07, 6.45) is 11.0. The van der Waals surface area contributed by atoms with Gasteiger partial charge in [0.25, 0.3) is 11.8 Å². The van der Waals surface area contributed by atoms with Gasteiger partial charge in [0.1, 0.15) is 50.5 Å². The summed E-state index contributed by atoms with van der Waals surface area (Å²) in [5.41, 5.74) is 0.961. The zero-order valence-electron chi connectivity index (χ0n) is 23.6. The van der Waals surface area contributed by atoms with Crippen molar-refractivity contribution in [3.63, 3.8) is 0 Å². The Morgan fingerprint density at radius 2 is 1.15 bits per heavy atom. The topological polar surface area (TPSA) is 154 Å². The highest BCUT2D eigenvalue weighted by Gasteiger charge is 2.11. The molecule has 0 aromatic carbocycles. The van der Waals surface area contributed by atoms with Crippen molar-refractivity contribution in [2.24, 2.45) is 0 Å². The minimum Gasteiger partial charge on any atom is -0.456 e. The number of nitrogens with one attached hydrogen (secondary N) is 2. The molecule has 0 radical (unpaired) electrons. The second-order valence-electron chi connectivity index (χ2n) is 8.96. The molecule has 0 atom stereocenters. The van der Waals surface area contributed by atoms with E-state index in [0.717, 1.165) is 0 Å². The van der Waals surface area contributed by atoms with E-state index in [0.29, 0.717) is 44.8 Å². The van der Waals surface area contributed by atoms with Gasteiger partial charge < -0.3 is 20.1 Å². The first-order chi connectivity index (χ1) is 22.4. The molecule has 0 aliphatic rings. The van der Waals surface area contributed by atoms with Crippen LogP contribution in [0.25, 0.3) is 0 Å². The molecule has 12 nitrogen and oxygen atoms in total. The average molecular weight is 653 g/mol. The van der Waals surface area contributed by atoms with E-state index >= 15 is 0 Å². The number of rotatable bonds is 8. The summed E-state index contributed by atoms with van der Waals surface area (Å²) in [4.78, 5) is 48.3. The maximum absolute atomic E-state index is 12.2. The molecule has 0 unspecified atom stereocenters. The molecule has 6 rings (SSSR count). The average Bonchev–Trinajstić information content (AvgIpc) is 3.06. The standard InChI is InChI=1S/2C16H11ClN4O2/c17-14-4-1-5-15(20-14)21-16(22)13-9-11(6-8-19-13)23-12-3-2-7-18-10-12;17-15-8-11(3-6-20-15)21-16(22)14-9-12(4-7-19-14)23-13-2-1-5-18-10-13/h2*1-10H,(H,20,21,22). The highest BCUT2D eigenvalue weighted by atomic mass is 35.5. The number of carbonyl (C=O) groups is 2. The number of aromatic nitrogens is 6. The molecule has 6 heterocycles. The fourth-order valence-corrected chi connectivity index (χ4v) is 3.96. The van der Waals surface area contributed by atoms with E-state index in [1.165, 1.54) is 24.7 Å². The molecule has 14 heteroatoms. The second-order valence-corrected chi connectivity index (χ2v) is 9.73. The van der Waals surface area contributed by atoms with Gasteiger partial charge >= 0.3 is 0 Å². The SMILES string of the molecule is O=C(Nc1cccc(Cl)n1)c1cc(Oc2cccnc2)ccn1.O=C(Nc1ccnc(Cl)c1)c1cc(Oc2cccnc2)ccn1. The number of amides is 2. The number of hydrogen-bond donors (Lipinski definition) is 2. The van der Waals surface area contributed by atoms with Crippen molar-refractivity contribution in [3.05, 3.63) is 144 Å². The van der Waals surface area contributed by atoms with E-state index in [9.17, 15) is 9.59 Å². The predicted molar refractivity (Wildman–Crippen MR) is 171 cm³/mol. The lowest BCUT2D eigenvalue weighted by Gasteiger charge is -2.07. The van der Waals surface area contributed by atoms with Gasteiger partial charge in [0.2, 0.25) is 0 Å². The minimum atomic E-state index is -0.406. The fraction of sp³-hybridized carbons (Fsp3) is 0. The zero-order chi connectivity index (χ0) is 32.1. The van der Waals surface area contributed by atoms with Crippen LogP contribution in [0.4, 0.5) is 11.5 Å². The highest BCUT2D eigenvalue weighted by molar-refractivity contribution is 6.30. The van der Waals surface area contributed by atoms with Gasteiger partial charge in [-0.05, 0) is 60.7 Å². The van der Waals surface area contributed by atoms with Crippen LogP contribution in [0.2, 0.25) is 10.3 Å². The zero-order valence-corrected chi connectivity index (χ0v) is 25.1. The molecule has 228 valence electrons. The third kappa shape index (κ3) is 9.51. The predicted octanol–water partition coefficient (Wildman–Crippen LogP) is 7.14. The first kappa shape index (κ1) is 31.4. The van der Waals surface area contributed by atoms with Crippen LogP contribution in [0.3, 0.4) is 0 Å². The van der Waals surface area contributed by atoms with Crippen LogP contribution in [0, 0.1) is 0 Å². The Morgan fingerprint density at radius 1 is 0.565 bits per heavy atom. The van der Waals surface area contributed by atoms with Crippen molar-refractivity contribution in [2.45, 2.75) is 0 Å². The molecule has 46 heavy (non-hydrogen) atoms. The Morgan fingerprint density at radius 3 is 1.70 bits per heavy atom. The Bertz CT molecular complexity index is 1790. The molecule has 6 aromatic heterocycles. The molecule has 0 aliphatic heterocycles. The number of ether oxygens (including phenoxy) is 2. The van der Waals surface area contributed by atoms with Gasteiger partial charge in [-0.15, -0.1) is 0 Å². The van der Waals surface area contributed by atoms with Gasteiger partial charge in [-0.1, -0.05) is 29.3 Å². The quantitative estimate of drug-likeness (QED) is 0.162. The summed E-state index contributed by atoms with van der Waals surface area (Å²) in [6, 6.07) is 21.6. The van der Waals surface area contributed by atoms with E-state index < -0.39 is 5.91 Å². The summed E-state index contributed by atoms with van der Waals surface area (Å²) >= 11 is 11.6. The van der Waals surface area contributed by atoms with Gasteiger partial charge in [0.15, 0.2) is 0 Å². The number of nitrogens with zero attached hydrogens (tertiary/aromatic N) is 6. The van der Waals surface area contributed by atoms with E-state index in [4.69, 9.17) is 32.7 Å². The maximum Gasteiger partial charge on any atom is 0.275 e. The molecule has 0 spiro atoms. The Hall–Kier alpha value is -5.98. The first-order valence-corrected chi connectivity index (χ1v) is 14.1. The Kier molecular flexibility index (Phi) is 10.7. The summed E-state index contributed by atoms with van der Waals surface area (Å²) in [6.45, 7) is 0. The number of hydrogen-bond acceptors (Lipinski definition) is 10. The minimum absolute atomic E-state index is 0.202. The Balaban J connectivity index is 0.000000181. The van der Waals surface area contributed by atoms with Gasteiger partial charge in [-0.3, -0.25) is 29.5 Å². The molecule has 2 amide bonds. The third-order valence-electron chi connectivity index (χ3n) is 5.61. The van der Waals surface area contributed by atoms with Crippen molar-refractivity contribution in [2.75, 3.05) is 10.6 Å². The van der Waals surface area contributed by atoms with Crippen molar-refractivity contribution < 1.29 is 19.1 Å². The molecule has 0 aliphatic carbocycles. The second kappa shape index (κ2) is 15.7. The summed E-state index contributed by atoms with van der Waals surface area (Å²) in [7, 11) is 0. The van der Waals surface area contributed by atoms with Gasteiger partial charge in [0.05, 0.1) is 12.4 Å². The first-order valence-electron chi connectivity index (χ1n) is 13.4. The summed E-state index contributed by atoms with van der Waals surface area (Å²) < 4.78 is 11.2. The lowest BCUT2D eigenvalue weighted by Crippen LogP contribution is -2.14. The van der Waals surface area contributed by atoms with E-state index in [1.807, 2.05) is 0 Å². The van der Waals surface area contributed by atoms with Crippen molar-refractivity contribution in [3.8, 4) is 23.0 Å². The molecular weight excluding hydrogens is 631 g/mol. The molecule has 0 fully saturated rings. The fourth-order valence-electron chi connectivity index (χ4n) is 3.62. The highest BCUT2D eigenvalue weighted by Crippen LogP contribution is 2.22. The molecule has 0 bridgehead atoms. The molecule has 2 N–H and O–H groups in total. The maximum atomic E-state index is 12.2. The van der Waals surface area contributed by atoms with Gasteiger partial charge in [0, 0.05) is 48.8 Å². The van der Waals surface area contributed by atoms with Crippen LogP contribution < -0.4 is 20.1 Å². The molecule has 6 aromatic rings. The van der Waals surface area contributed by atoms with Crippen LogP contribution in [-0.4, -0.2) is 41.7 Å². The van der Waals surface area contributed by atoms with Crippen LogP contribution >= 0.6 is 23.2 Å². The van der Waals surface area contributed by atoms with Crippen molar-refractivity contribution in [1.82, 2.24) is 29.9 Å². The number of pyridine rings is 6. The largest absolute Gasteiger partial charge is 0.456 e. The smallest absolute Gasteiger partial charge is 0.275 e. The van der Waals surface area contributed by atoms with Crippen molar-refractivity contribution >= 4 is 46.5 Å². The van der Waals surface area contributed by atoms with Gasteiger partial charge in [-0.25, -0.2) is 9.97 Å². The number of carbonyl (C=O) groups excluding carboxylic acids is 2. The molecule has 0 saturated carbocycles.